The van der Waals surface area contributed by atoms with Crippen molar-refractivity contribution >= 4 is 11.9 Å². The highest BCUT2D eigenvalue weighted by molar-refractivity contribution is 5.92. The lowest BCUT2D eigenvalue weighted by Gasteiger charge is -2.27. The minimum absolute atomic E-state index is 0.364. The smallest absolute Gasteiger partial charge is 0.338 e. The maximum absolute atomic E-state index is 12.6. The summed E-state index contributed by atoms with van der Waals surface area (Å²) in [5.74, 6) is 0.794. The molecule has 0 amide bonds. The summed E-state index contributed by atoms with van der Waals surface area (Å²) in [6.07, 6.45) is 0.755. The maximum atomic E-state index is 12.6. The SMILES string of the molecule is CCCOC(=O)C1=C(C)Nc2nnnn2C1c1cccc(OC)c1. The van der Waals surface area contributed by atoms with E-state index < -0.39 is 6.04 Å². The molecular weight excluding hydrogens is 310 g/mol. The summed E-state index contributed by atoms with van der Waals surface area (Å²) in [6, 6.07) is 7.00. The fourth-order valence-corrected chi connectivity index (χ4v) is 2.67. The predicted octanol–water partition coefficient (Wildman–Crippen LogP) is 1.92. The molecule has 8 nitrogen and oxygen atoms in total. The van der Waals surface area contributed by atoms with E-state index in [1.54, 1.807) is 11.8 Å². The summed E-state index contributed by atoms with van der Waals surface area (Å²) in [7, 11) is 1.60. The Morgan fingerprint density at radius 2 is 2.25 bits per heavy atom. The minimum atomic E-state index is -0.476. The van der Waals surface area contributed by atoms with Gasteiger partial charge in [0.05, 0.1) is 19.3 Å². The van der Waals surface area contributed by atoms with Gasteiger partial charge in [-0.05, 0) is 41.5 Å². The highest BCUT2D eigenvalue weighted by Gasteiger charge is 2.35. The van der Waals surface area contributed by atoms with Crippen molar-refractivity contribution in [2.75, 3.05) is 19.0 Å². The van der Waals surface area contributed by atoms with E-state index in [0.29, 0.717) is 29.6 Å². The van der Waals surface area contributed by atoms with Gasteiger partial charge in [0.2, 0.25) is 5.95 Å². The van der Waals surface area contributed by atoms with E-state index in [2.05, 4.69) is 20.8 Å². The largest absolute Gasteiger partial charge is 0.497 e. The first-order valence-corrected chi connectivity index (χ1v) is 7.72. The van der Waals surface area contributed by atoms with Gasteiger partial charge < -0.3 is 14.8 Å². The molecule has 2 heterocycles. The van der Waals surface area contributed by atoms with Crippen molar-refractivity contribution in [2.24, 2.45) is 0 Å². The molecule has 3 rings (SSSR count). The summed E-state index contributed by atoms with van der Waals surface area (Å²) >= 11 is 0. The monoisotopic (exact) mass is 329 g/mol. The number of esters is 1. The molecule has 1 aromatic carbocycles. The van der Waals surface area contributed by atoms with Gasteiger partial charge in [0.1, 0.15) is 11.8 Å². The number of anilines is 1. The number of nitrogens with one attached hydrogen (secondary N) is 1. The third-order valence-corrected chi connectivity index (χ3v) is 3.78. The minimum Gasteiger partial charge on any atom is -0.497 e. The fourth-order valence-electron chi connectivity index (χ4n) is 2.67. The molecule has 0 saturated carbocycles. The molecule has 0 aliphatic carbocycles. The molecule has 0 spiro atoms. The molecule has 2 aromatic rings. The number of carbonyl (C=O) groups is 1. The van der Waals surface area contributed by atoms with Gasteiger partial charge in [-0.2, -0.15) is 4.68 Å². The van der Waals surface area contributed by atoms with Crippen LogP contribution < -0.4 is 10.1 Å². The van der Waals surface area contributed by atoms with E-state index in [1.165, 1.54) is 0 Å². The molecule has 1 N–H and O–H groups in total. The number of rotatable bonds is 5. The van der Waals surface area contributed by atoms with Crippen LogP contribution in [0.15, 0.2) is 35.5 Å². The summed E-state index contributed by atoms with van der Waals surface area (Å²) < 4.78 is 12.2. The van der Waals surface area contributed by atoms with E-state index in [4.69, 9.17) is 9.47 Å². The van der Waals surface area contributed by atoms with Crippen LogP contribution in [-0.4, -0.2) is 39.9 Å². The van der Waals surface area contributed by atoms with Crippen LogP contribution in [0.25, 0.3) is 0 Å². The lowest BCUT2D eigenvalue weighted by atomic mass is 9.95. The zero-order chi connectivity index (χ0) is 17.1. The van der Waals surface area contributed by atoms with Crippen LogP contribution in [0.1, 0.15) is 31.9 Å². The number of ether oxygens (including phenoxy) is 2. The number of methoxy groups -OCH3 is 1. The average molecular weight is 329 g/mol. The number of hydrogen-bond donors (Lipinski definition) is 1. The molecular formula is C16H19N5O3. The number of nitrogens with zero attached hydrogens (tertiary/aromatic N) is 4. The van der Waals surface area contributed by atoms with Crippen LogP contribution in [0, 0.1) is 0 Å². The Morgan fingerprint density at radius 1 is 1.42 bits per heavy atom. The van der Waals surface area contributed by atoms with E-state index in [9.17, 15) is 4.79 Å². The van der Waals surface area contributed by atoms with Gasteiger partial charge in [-0.3, -0.25) is 0 Å². The third-order valence-electron chi connectivity index (χ3n) is 3.78. The van der Waals surface area contributed by atoms with Gasteiger partial charge in [-0.1, -0.05) is 24.2 Å². The summed E-state index contributed by atoms with van der Waals surface area (Å²) in [6.45, 7) is 4.13. The normalized spacial score (nSPS) is 16.4. The van der Waals surface area contributed by atoms with Crippen molar-refractivity contribution in [1.82, 2.24) is 20.2 Å². The summed E-state index contributed by atoms with van der Waals surface area (Å²) in [4.78, 5) is 12.6. The third kappa shape index (κ3) is 2.82. The molecule has 8 heteroatoms. The molecule has 0 fully saturated rings. The molecule has 1 aliphatic heterocycles. The van der Waals surface area contributed by atoms with Gasteiger partial charge in [0.15, 0.2) is 0 Å². The van der Waals surface area contributed by atoms with Crippen LogP contribution >= 0.6 is 0 Å². The Hall–Kier alpha value is -2.90. The molecule has 1 aliphatic rings. The second-order valence-corrected chi connectivity index (χ2v) is 5.43. The van der Waals surface area contributed by atoms with Crippen LogP contribution in [0.3, 0.4) is 0 Å². The average Bonchev–Trinajstić information content (AvgIpc) is 3.06. The number of hydrogen-bond acceptors (Lipinski definition) is 7. The molecule has 126 valence electrons. The Bertz CT molecular complexity index is 784. The summed E-state index contributed by atoms with van der Waals surface area (Å²) in [5, 5.41) is 14.7. The molecule has 1 atom stereocenters. The Morgan fingerprint density at radius 3 is 3.00 bits per heavy atom. The number of fused-ring (bicyclic) bond motifs is 1. The Labute approximate surface area is 139 Å². The zero-order valence-electron chi connectivity index (χ0n) is 13.8. The summed E-state index contributed by atoms with van der Waals surface area (Å²) in [5.41, 5.74) is 2.00. The topological polar surface area (TPSA) is 91.2 Å². The van der Waals surface area contributed by atoms with Crippen molar-refractivity contribution in [1.29, 1.82) is 0 Å². The highest BCUT2D eigenvalue weighted by atomic mass is 16.5. The number of carbonyl (C=O) groups excluding carboxylic acids is 1. The van der Waals surface area contributed by atoms with Gasteiger partial charge in [-0.15, -0.1) is 0 Å². The molecule has 24 heavy (non-hydrogen) atoms. The number of tetrazole rings is 1. The van der Waals surface area contributed by atoms with Crippen molar-refractivity contribution in [3.05, 3.63) is 41.1 Å². The number of benzene rings is 1. The molecule has 0 radical (unpaired) electrons. The van der Waals surface area contributed by atoms with Gasteiger partial charge in [0, 0.05) is 5.70 Å². The van der Waals surface area contributed by atoms with E-state index in [0.717, 1.165) is 12.0 Å². The van der Waals surface area contributed by atoms with E-state index >= 15 is 0 Å². The van der Waals surface area contributed by atoms with Crippen molar-refractivity contribution in [2.45, 2.75) is 26.3 Å². The Kier molecular flexibility index (Phi) is 4.45. The standard InChI is InChI=1S/C16H19N5O3/c1-4-8-24-15(22)13-10(2)17-16-18-19-20-21(16)14(13)11-6-5-7-12(9-11)23-3/h5-7,9,14H,4,8H2,1-3H3,(H,17,18,20). The van der Waals surface area contributed by atoms with Crippen molar-refractivity contribution < 1.29 is 14.3 Å². The van der Waals surface area contributed by atoms with Crippen molar-refractivity contribution in [3.63, 3.8) is 0 Å². The number of aromatic nitrogens is 4. The predicted molar refractivity (Wildman–Crippen MR) is 86.5 cm³/mol. The van der Waals surface area contributed by atoms with Crippen LogP contribution in [0.4, 0.5) is 5.95 Å². The van der Waals surface area contributed by atoms with Crippen LogP contribution in [-0.2, 0) is 9.53 Å². The molecule has 0 bridgehead atoms. The van der Waals surface area contributed by atoms with Crippen molar-refractivity contribution in [3.8, 4) is 5.75 Å². The molecule has 1 unspecified atom stereocenters. The first-order valence-electron chi connectivity index (χ1n) is 7.72. The second-order valence-electron chi connectivity index (χ2n) is 5.43. The fraction of sp³-hybridized carbons (Fsp3) is 0.375. The molecule has 0 saturated heterocycles. The lowest BCUT2D eigenvalue weighted by Crippen LogP contribution is -2.29. The quantitative estimate of drug-likeness (QED) is 0.838. The highest BCUT2D eigenvalue weighted by Crippen LogP contribution is 2.35. The van der Waals surface area contributed by atoms with E-state index in [-0.39, 0.29) is 5.97 Å². The van der Waals surface area contributed by atoms with Gasteiger partial charge >= 0.3 is 5.97 Å². The Balaban J connectivity index is 2.08. The molecule has 1 aromatic heterocycles. The lowest BCUT2D eigenvalue weighted by molar-refractivity contribution is -0.139. The maximum Gasteiger partial charge on any atom is 0.338 e. The van der Waals surface area contributed by atoms with E-state index in [1.807, 2.05) is 38.1 Å². The van der Waals surface area contributed by atoms with Gasteiger partial charge in [0.25, 0.3) is 0 Å². The number of allylic oxidation sites excluding steroid dienone is 1. The first-order chi connectivity index (χ1) is 11.7. The van der Waals surface area contributed by atoms with Crippen LogP contribution in [0.2, 0.25) is 0 Å². The van der Waals surface area contributed by atoms with Crippen LogP contribution in [0.5, 0.6) is 5.75 Å². The first kappa shape index (κ1) is 16.0. The second kappa shape index (κ2) is 6.69. The zero-order valence-corrected chi connectivity index (χ0v) is 13.8. The van der Waals surface area contributed by atoms with Gasteiger partial charge in [-0.25, -0.2) is 4.79 Å².